The molecule has 0 radical (unpaired) electrons. The van der Waals surface area contributed by atoms with Gasteiger partial charge in [0.2, 0.25) is 5.91 Å². The van der Waals surface area contributed by atoms with Crippen LogP contribution in [0, 0.1) is 18.7 Å². The monoisotopic (exact) mass is 415 g/mol. The van der Waals surface area contributed by atoms with Gasteiger partial charge in [-0.1, -0.05) is 6.07 Å². The predicted octanol–water partition coefficient (Wildman–Crippen LogP) is 3.68. The van der Waals surface area contributed by atoms with Crippen molar-refractivity contribution in [3.63, 3.8) is 0 Å². The standard InChI is InChI=1S/C22H26FN3O2S/c1-15-20(29-14-24-15)7-8-21(27)26-10-3-5-17-13-25(11-9-19(17)26)22(28)16-4-2-6-18(23)12-16/h2,4,6,12,14,17,19H,3,5,7-11,13H2,1H3/t17-,19+/m1/s1. The van der Waals surface area contributed by atoms with Gasteiger partial charge in [0, 0.05) is 42.5 Å². The molecule has 2 aromatic rings. The molecule has 0 aliphatic carbocycles. The Kier molecular flexibility index (Phi) is 5.94. The van der Waals surface area contributed by atoms with Crippen LogP contribution in [0.25, 0.3) is 0 Å². The summed E-state index contributed by atoms with van der Waals surface area (Å²) in [6.45, 7) is 4.03. The second kappa shape index (κ2) is 8.61. The molecular formula is C22H26FN3O2S. The van der Waals surface area contributed by atoms with Gasteiger partial charge in [0.15, 0.2) is 0 Å². The van der Waals surface area contributed by atoms with Crippen molar-refractivity contribution in [2.45, 2.75) is 45.1 Å². The minimum absolute atomic E-state index is 0.118. The molecular weight excluding hydrogens is 389 g/mol. The summed E-state index contributed by atoms with van der Waals surface area (Å²) in [4.78, 5) is 35.0. The van der Waals surface area contributed by atoms with Crippen molar-refractivity contribution in [1.82, 2.24) is 14.8 Å². The molecule has 2 fully saturated rings. The average Bonchev–Trinajstić information content (AvgIpc) is 3.15. The Balaban J connectivity index is 1.38. The van der Waals surface area contributed by atoms with Crippen LogP contribution in [0.1, 0.15) is 46.6 Å². The van der Waals surface area contributed by atoms with Gasteiger partial charge >= 0.3 is 0 Å². The van der Waals surface area contributed by atoms with Crippen LogP contribution in [0.2, 0.25) is 0 Å². The van der Waals surface area contributed by atoms with E-state index in [1.807, 2.05) is 17.3 Å². The Morgan fingerprint density at radius 2 is 2.14 bits per heavy atom. The summed E-state index contributed by atoms with van der Waals surface area (Å²) in [7, 11) is 0. The molecule has 2 aliphatic rings. The molecule has 7 heteroatoms. The van der Waals surface area contributed by atoms with Crippen LogP contribution in [-0.2, 0) is 11.2 Å². The van der Waals surface area contributed by atoms with Gasteiger partial charge in [-0.15, -0.1) is 11.3 Å². The third kappa shape index (κ3) is 4.34. The molecule has 1 aromatic carbocycles. The van der Waals surface area contributed by atoms with Crippen LogP contribution in [-0.4, -0.2) is 52.3 Å². The number of fused-ring (bicyclic) bond motifs is 1. The molecule has 29 heavy (non-hydrogen) atoms. The molecule has 0 spiro atoms. The quantitative estimate of drug-likeness (QED) is 0.766. The van der Waals surface area contributed by atoms with E-state index in [4.69, 9.17) is 0 Å². The van der Waals surface area contributed by atoms with E-state index in [-0.39, 0.29) is 17.9 Å². The lowest BCUT2D eigenvalue weighted by Gasteiger charge is -2.47. The first-order chi connectivity index (χ1) is 14.0. The Hall–Kier alpha value is -2.28. The first-order valence-corrected chi connectivity index (χ1v) is 11.1. The smallest absolute Gasteiger partial charge is 0.253 e. The van der Waals surface area contributed by atoms with Crippen molar-refractivity contribution in [2.75, 3.05) is 19.6 Å². The van der Waals surface area contributed by atoms with Gasteiger partial charge in [-0.3, -0.25) is 9.59 Å². The fraction of sp³-hybridized carbons (Fsp3) is 0.500. The Morgan fingerprint density at radius 3 is 2.90 bits per heavy atom. The molecule has 2 atom stereocenters. The first kappa shape index (κ1) is 20.0. The zero-order valence-electron chi connectivity index (χ0n) is 16.6. The molecule has 5 nitrogen and oxygen atoms in total. The third-order valence-corrected chi connectivity index (χ3v) is 7.15. The van der Waals surface area contributed by atoms with Gasteiger partial charge in [-0.2, -0.15) is 0 Å². The molecule has 0 saturated carbocycles. The maximum atomic E-state index is 13.5. The lowest BCUT2D eigenvalue weighted by molar-refractivity contribution is -0.137. The van der Waals surface area contributed by atoms with Crippen LogP contribution in [0.3, 0.4) is 0 Å². The second-order valence-electron chi connectivity index (χ2n) is 7.97. The van der Waals surface area contributed by atoms with Crippen LogP contribution in [0.5, 0.6) is 0 Å². The van der Waals surface area contributed by atoms with Crippen LogP contribution < -0.4 is 0 Å². The summed E-state index contributed by atoms with van der Waals surface area (Å²) in [5, 5.41) is 0. The van der Waals surface area contributed by atoms with Crippen molar-refractivity contribution >= 4 is 23.2 Å². The summed E-state index contributed by atoms with van der Waals surface area (Å²) in [6, 6.07) is 6.08. The number of hydrogen-bond acceptors (Lipinski definition) is 4. The third-order valence-electron chi connectivity index (χ3n) is 6.16. The Labute approximate surface area is 174 Å². The van der Waals surface area contributed by atoms with Gasteiger partial charge in [0.25, 0.3) is 5.91 Å². The first-order valence-electron chi connectivity index (χ1n) is 10.3. The number of halogens is 1. The van der Waals surface area contributed by atoms with Gasteiger partial charge in [-0.25, -0.2) is 9.37 Å². The highest BCUT2D eigenvalue weighted by atomic mass is 32.1. The zero-order chi connectivity index (χ0) is 20.4. The molecule has 3 heterocycles. The van der Waals surface area contributed by atoms with Crippen LogP contribution in [0.15, 0.2) is 29.8 Å². The molecule has 0 unspecified atom stereocenters. The van der Waals surface area contributed by atoms with Gasteiger partial charge < -0.3 is 9.80 Å². The lowest BCUT2D eigenvalue weighted by atomic mass is 9.83. The largest absolute Gasteiger partial charge is 0.339 e. The number of likely N-dealkylation sites (tertiary alicyclic amines) is 2. The van der Waals surface area contributed by atoms with E-state index in [1.54, 1.807) is 23.5 Å². The molecule has 2 aliphatic heterocycles. The van der Waals surface area contributed by atoms with E-state index in [1.165, 1.54) is 17.0 Å². The highest BCUT2D eigenvalue weighted by Gasteiger charge is 2.39. The van der Waals surface area contributed by atoms with E-state index in [0.717, 1.165) is 37.9 Å². The number of hydrogen-bond donors (Lipinski definition) is 0. The van der Waals surface area contributed by atoms with Crippen molar-refractivity contribution in [1.29, 1.82) is 0 Å². The summed E-state index contributed by atoms with van der Waals surface area (Å²) < 4.78 is 13.5. The molecule has 154 valence electrons. The molecule has 0 N–H and O–H groups in total. The summed E-state index contributed by atoms with van der Waals surface area (Å²) >= 11 is 1.61. The molecule has 0 bridgehead atoms. The molecule has 1 aromatic heterocycles. The number of aromatic nitrogens is 1. The SMILES string of the molecule is Cc1ncsc1CCC(=O)N1CCC[C@@H]2CN(C(=O)c3cccc(F)c3)CC[C@@H]21. The minimum Gasteiger partial charge on any atom is -0.339 e. The fourth-order valence-electron chi connectivity index (χ4n) is 4.63. The number of amides is 2. The molecule has 2 saturated heterocycles. The normalized spacial score (nSPS) is 21.7. The number of nitrogens with zero attached hydrogens (tertiary/aromatic N) is 3. The maximum Gasteiger partial charge on any atom is 0.253 e. The summed E-state index contributed by atoms with van der Waals surface area (Å²) in [6.07, 6.45) is 4.03. The topological polar surface area (TPSA) is 53.5 Å². The van der Waals surface area contributed by atoms with E-state index < -0.39 is 5.82 Å². The van der Waals surface area contributed by atoms with E-state index in [0.29, 0.717) is 31.0 Å². The number of thiazole rings is 1. The van der Waals surface area contributed by atoms with Gasteiger partial charge in [0.1, 0.15) is 5.82 Å². The Bertz CT molecular complexity index is 900. The van der Waals surface area contributed by atoms with E-state index in [2.05, 4.69) is 9.88 Å². The highest BCUT2D eigenvalue weighted by molar-refractivity contribution is 7.09. The predicted molar refractivity (Wildman–Crippen MR) is 110 cm³/mol. The minimum atomic E-state index is -0.392. The zero-order valence-corrected chi connectivity index (χ0v) is 17.5. The highest BCUT2D eigenvalue weighted by Crippen LogP contribution is 2.32. The number of benzene rings is 1. The number of carbonyl (C=O) groups excluding carboxylic acids is 2. The Morgan fingerprint density at radius 1 is 1.28 bits per heavy atom. The van der Waals surface area contributed by atoms with Gasteiger partial charge in [0.05, 0.1) is 11.2 Å². The van der Waals surface area contributed by atoms with Gasteiger partial charge in [-0.05, 0) is 56.7 Å². The van der Waals surface area contributed by atoms with Crippen molar-refractivity contribution in [3.8, 4) is 0 Å². The number of aryl methyl sites for hydroxylation is 2. The van der Waals surface area contributed by atoms with Crippen molar-refractivity contribution in [2.24, 2.45) is 5.92 Å². The summed E-state index contributed by atoms with van der Waals surface area (Å²) in [5.74, 6) is -0.00933. The van der Waals surface area contributed by atoms with Crippen LogP contribution in [0.4, 0.5) is 4.39 Å². The van der Waals surface area contributed by atoms with E-state index in [9.17, 15) is 14.0 Å². The number of piperidine rings is 2. The fourth-order valence-corrected chi connectivity index (χ4v) is 5.41. The molecule has 4 rings (SSSR count). The van der Waals surface area contributed by atoms with Crippen molar-refractivity contribution in [3.05, 3.63) is 51.7 Å². The lowest BCUT2D eigenvalue weighted by Crippen LogP contribution is -2.56. The van der Waals surface area contributed by atoms with E-state index >= 15 is 0 Å². The average molecular weight is 416 g/mol. The second-order valence-corrected chi connectivity index (χ2v) is 8.91. The van der Waals surface area contributed by atoms with Crippen LogP contribution >= 0.6 is 11.3 Å². The summed E-state index contributed by atoms with van der Waals surface area (Å²) in [5.41, 5.74) is 3.24. The maximum absolute atomic E-state index is 13.5. The number of carbonyl (C=O) groups is 2. The molecule has 2 amide bonds. The number of rotatable bonds is 4. The van der Waals surface area contributed by atoms with Crippen molar-refractivity contribution < 1.29 is 14.0 Å².